The van der Waals surface area contributed by atoms with Gasteiger partial charge in [-0.3, -0.25) is 4.90 Å². The van der Waals surface area contributed by atoms with Crippen molar-refractivity contribution in [1.82, 2.24) is 10.2 Å². The molecule has 0 spiro atoms. The first-order valence-electron chi connectivity index (χ1n) is 7.46. The van der Waals surface area contributed by atoms with Crippen molar-refractivity contribution in [3.63, 3.8) is 0 Å². The van der Waals surface area contributed by atoms with Crippen molar-refractivity contribution in [2.24, 2.45) is 0 Å². The molecule has 19 heavy (non-hydrogen) atoms. The van der Waals surface area contributed by atoms with E-state index in [-0.39, 0.29) is 0 Å². The lowest BCUT2D eigenvalue weighted by molar-refractivity contribution is 0.203. The Morgan fingerprint density at radius 1 is 1.32 bits per heavy atom. The van der Waals surface area contributed by atoms with Crippen molar-refractivity contribution < 1.29 is 0 Å². The van der Waals surface area contributed by atoms with Crippen LogP contribution in [-0.4, -0.2) is 31.1 Å². The molecule has 104 valence electrons. The van der Waals surface area contributed by atoms with Crippen LogP contribution in [0.5, 0.6) is 0 Å². The van der Waals surface area contributed by atoms with Crippen LogP contribution in [0.3, 0.4) is 0 Å². The standard InChI is InChI=1S/C16H23ClN2/c1-19(11-14-4-2-3-9-18-14)16-8-5-12-10-13(17)6-7-15(12)16/h6-7,10,14,16,18H,2-5,8-9,11H2,1H3. The number of piperidine rings is 1. The molecule has 0 bridgehead atoms. The highest BCUT2D eigenvalue weighted by Gasteiger charge is 2.27. The minimum atomic E-state index is 0.580. The lowest BCUT2D eigenvalue weighted by Gasteiger charge is -2.32. The van der Waals surface area contributed by atoms with Gasteiger partial charge < -0.3 is 5.32 Å². The number of fused-ring (bicyclic) bond motifs is 1. The maximum Gasteiger partial charge on any atom is 0.0408 e. The Morgan fingerprint density at radius 3 is 3.00 bits per heavy atom. The minimum Gasteiger partial charge on any atom is -0.313 e. The highest BCUT2D eigenvalue weighted by atomic mass is 35.5. The summed E-state index contributed by atoms with van der Waals surface area (Å²) in [4.78, 5) is 2.53. The van der Waals surface area contributed by atoms with Gasteiger partial charge in [-0.25, -0.2) is 0 Å². The average Bonchev–Trinajstić information content (AvgIpc) is 2.82. The SMILES string of the molecule is CN(CC1CCCCN1)C1CCc2cc(Cl)ccc21. The summed E-state index contributed by atoms with van der Waals surface area (Å²) >= 11 is 6.08. The first kappa shape index (κ1) is 13.4. The first-order chi connectivity index (χ1) is 9.24. The van der Waals surface area contributed by atoms with Crippen LogP contribution in [-0.2, 0) is 6.42 Å². The molecule has 1 aliphatic carbocycles. The Balaban J connectivity index is 1.67. The molecule has 1 saturated heterocycles. The molecule has 2 nitrogen and oxygen atoms in total. The Morgan fingerprint density at radius 2 is 2.21 bits per heavy atom. The number of aryl methyl sites for hydroxylation is 1. The number of benzene rings is 1. The Labute approximate surface area is 121 Å². The van der Waals surface area contributed by atoms with Crippen LogP contribution in [0.1, 0.15) is 42.9 Å². The predicted molar refractivity (Wildman–Crippen MR) is 80.8 cm³/mol. The summed E-state index contributed by atoms with van der Waals surface area (Å²) in [6.45, 7) is 2.35. The van der Waals surface area contributed by atoms with Crippen LogP contribution in [0.4, 0.5) is 0 Å². The van der Waals surface area contributed by atoms with Crippen molar-refractivity contribution in [2.75, 3.05) is 20.1 Å². The molecule has 1 N–H and O–H groups in total. The van der Waals surface area contributed by atoms with Gasteiger partial charge in [-0.15, -0.1) is 0 Å². The molecule has 2 aliphatic rings. The molecule has 0 radical (unpaired) electrons. The van der Waals surface area contributed by atoms with Crippen LogP contribution >= 0.6 is 11.6 Å². The lowest BCUT2D eigenvalue weighted by atomic mass is 10.0. The third-order valence-electron chi connectivity index (χ3n) is 4.60. The van der Waals surface area contributed by atoms with Gasteiger partial charge in [-0.1, -0.05) is 24.1 Å². The number of nitrogens with zero attached hydrogens (tertiary/aromatic N) is 1. The normalized spacial score (nSPS) is 26.7. The van der Waals surface area contributed by atoms with Gasteiger partial charge >= 0.3 is 0 Å². The van der Waals surface area contributed by atoms with Crippen molar-refractivity contribution in [3.8, 4) is 0 Å². The summed E-state index contributed by atoms with van der Waals surface area (Å²) in [5.41, 5.74) is 2.93. The van der Waals surface area contributed by atoms with Crippen molar-refractivity contribution in [2.45, 2.75) is 44.2 Å². The summed E-state index contributed by atoms with van der Waals surface area (Å²) in [7, 11) is 2.27. The molecule has 2 unspecified atom stereocenters. The van der Waals surface area contributed by atoms with Crippen LogP contribution in [0.15, 0.2) is 18.2 Å². The zero-order valence-corrected chi connectivity index (χ0v) is 12.4. The highest BCUT2D eigenvalue weighted by molar-refractivity contribution is 6.30. The predicted octanol–water partition coefficient (Wildman–Crippen LogP) is 3.40. The largest absolute Gasteiger partial charge is 0.313 e. The third-order valence-corrected chi connectivity index (χ3v) is 4.84. The molecular formula is C16H23ClN2. The second-order valence-corrected chi connectivity index (χ2v) is 6.42. The molecule has 1 aliphatic heterocycles. The number of nitrogens with one attached hydrogen (secondary N) is 1. The second-order valence-electron chi connectivity index (χ2n) is 5.98. The minimum absolute atomic E-state index is 0.580. The van der Waals surface area contributed by atoms with Gasteiger partial charge in [-0.2, -0.15) is 0 Å². The number of hydrogen-bond acceptors (Lipinski definition) is 2. The highest BCUT2D eigenvalue weighted by Crippen LogP contribution is 2.36. The molecule has 0 aromatic heterocycles. The Bertz CT molecular complexity index is 440. The fourth-order valence-corrected chi connectivity index (χ4v) is 3.77. The monoisotopic (exact) mass is 278 g/mol. The van der Waals surface area contributed by atoms with Crippen molar-refractivity contribution in [1.29, 1.82) is 0 Å². The number of likely N-dealkylation sites (N-methyl/N-ethyl adjacent to an activating group) is 1. The summed E-state index contributed by atoms with van der Waals surface area (Å²) in [5.74, 6) is 0. The second kappa shape index (κ2) is 5.82. The fourth-order valence-electron chi connectivity index (χ4n) is 3.58. The Hall–Kier alpha value is -0.570. The quantitative estimate of drug-likeness (QED) is 0.912. The van der Waals surface area contributed by atoms with E-state index < -0.39 is 0 Å². The zero-order chi connectivity index (χ0) is 13.2. The van der Waals surface area contributed by atoms with E-state index in [2.05, 4.69) is 29.4 Å². The molecule has 0 saturated carbocycles. The molecular weight excluding hydrogens is 256 g/mol. The molecule has 3 heteroatoms. The summed E-state index contributed by atoms with van der Waals surface area (Å²) in [6, 6.07) is 7.65. The molecule has 2 atom stereocenters. The molecule has 0 amide bonds. The maximum absolute atomic E-state index is 6.08. The van der Waals surface area contributed by atoms with Gasteiger partial charge in [0.15, 0.2) is 0 Å². The van der Waals surface area contributed by atoms with E-state index in [4.69, 9.17) is 11.6 Å². The fraction of sp³-hybridized carbons (Fsp3) is 0.625. The van der Waals surface area contributed by atoms with E-state index in [9.17, 15) is 0 Å². The Kier molecular flexibility index (Phi) is 4.11. The molecule has 1 fully saturated rings. The van der Waals surface area contributed by atoms with Crippen LogP contribution < -0.4 is 5.32 Å². The van der Waals surface area contributed by atoms with Crippen molar-refractivity contribution in [3.05, 3.63) is 34.3 Å². The topological polar surface area (TPSA) is 15.3 Å². The van der Waals surface area contributed by atoms with Gasteiger partial charge in [0.1, 0.15) is 0 Å². The molecule has 3 rings (SSSR count). The van der Waals surface area contributed by atoms with E-state index in [1.807, 2.05) is 6.07 Å². The van der Waals surface area contributed by atoms with Gasteiger partial charge in [0.25, 0.3) is 0 Å². The number of rotatable bonds is 3. The summed E-state index contributed by atoms with van der Waals surface area (Å²) in [5, 5.41) is 4.52. The first-order valence-corrected chi connectivity index (χ1v) is 7.84. The lowest BCUT2D eigenvalue weighted by Crippen LogP contribution is -2.43. The van der Waals surface area contributed by atoms with E-state index in [0.717, 1.165) is 11.6 Å². The van der Waals surface area contributed by atoms with Gasteiger partial charge in [0.05, 0.1) is 0 Å². The average molecular weight is 279 g/mol. The van der Waals surface area contributed by atoms with Crippen LogP contribution in [0.2, 0.25) is 5.02 Å². The van der Waals surface area contributed by atoms with Crippen LogP contribution in [0, 0.1) is 0 Å². The molecule has 1 heterocycles. The van der Waals surface area contributed by atoms with Gasteiger partial charge in [0.2, 0.25) is 0 Å². The zero-order valence-electron chi connectivity index (χ0n) is 11.7. The van der Waals surface area contributed by atoms with Gasteiger partial charge in [0, 0.05) is 23.7 Å². The van der Waals surface area contributed by atoms with E-state index >= 15 is 0 Å². The van der Waals surface area contributed by atoms with E-state index in [0.29, 0.717) is 12.1 Å². The summed E-state index contributed by atoms with van der Waals surface area (Å²) in [6.07, 6.45) is 6.44. The maximum atomic E-state index is 6.08. The van der Waals surface area contributed by atoms with Gasteiger partial charge in [-0.05, 0) is 62.5 Å². The third kappa shape index (κ3) is 2.96. The van der Waals surface area contributed by atoms with Crippen molar-refractivity contribution >= 4 is 11.6 Å². The molecule has 1 aromatic rings. The smallest absolute Gasteiger partial charge is 0.0408 e. The van der Waals surface area contributed by atoms with E-state index in [1.165, 1.54) is 49.8 Å². The summed E-state index contributed by atoms with van der Waals surface area (Å²) < 4.78 is 0. The molecule has 1 aromatic carbocycles. The number of halogens is 1. The van der Waals surface area contributed by atoms with E-state index in [1.54, 1.807) is 0 Å². The number of hydrogen-bond donors (Lipinski definition) is 1. The van der Waals surface area contributed by atoms with Crippen LogP contribution in [0.25, 0.3) is 0 Å².